The number of aromatic nitrogens is 1. The van der Waals surface area contributed by atoms with Gasteiger partial charge in [-0.25, -0.2) is 9.37 Å². The molecule has 0 aliphatic rings. The van der Waals surface area contributed by atoms with Gasteiger partial charge in [-0.05, 0) is 25.5 Å². The van der Waals surface area contributed by atoms with Gasteiger partial charge in [0.05, 0.1) is 31.5 Å². The van der Waals surface area contributed by atoms with E-state index >= 15 is 0 Å². The predicted octanol–water partition coefficient (Wildman–Crippen LogP) is 3.76. The van der Waals surface area contributed by atoms with Crippen molar-refractivity contribution in [2.45, 2.75) is 26.7 Å². The molecule has 0 aliphatic carbocycles. The van der Waals surface area contributed by atoms with Crippen LogP contribution in [0.1, 0.15) is 31.5 Å². The number of benzene rings is 1. The fraction of sp³-hybridized carbons (Fsp3) is 0.353. The number of nitrogens with zero attached hydrogens (tertiary/aromatic N) is 2. The largest absolute Gasteiger partial charge is 0.490 e. The molecule has 6 nitrogen and oxygen atoms in total. The first-order valence-corrected chi connectivity index (χ1v) is 8.92. The minimum atomic E-state index is -1.02. The molecule has 1 aromatic heterocycles. The standard InChI is InChI=1S/C17H19F2N3O3S/c1-3-5-25-14-7-11(6-13(18)16(14)19)9-20-22-17-21-12(10-26-17)8-15(23)24-4-2/h6-7,9-10H,3-5,8H2,1-2H3,(H,21,22). The summed E-state index contributed by atoms with van der Waals surface area (Å²) in [6.07, 6.45) is 2.09. The molecule has 0 bridgehead atoms. The molecular weight excluding hydrogens is 364 g/mol. The van der Waals surface area contributed by atoms with Crippen molar-refractivity contribution in [2.75, 3.05) is 18.6 Å². The Morgan fingerprint density at radius 2 is 2.19 bits per heavy atom. The van der Waals surface area contributed by atoms with E-state index in [0.29, 0.717) is 29.4 Å². The summed E-state index contributed by atoms with van der Waals surface area (Å²) in [5.41, 5.74) is 3.59. The quantitative estimate of drug-likeness (QED) is 0.405. The number of halogens is 2. The highest BCUT2D eigenvalue weighted by Crippen LogP contribution is 2.22. The number of rotatable bonds is 9. The van der Waals surface area contributed by atoms with Crippen LogP contribution in [0.4, 0.5) is 13.9 Å². The van der Waals surface area contributed by atoms with Crippen molar-refractivity contribution >= 4 is 28.7 Å². The lowest BCUT2D eigenvalue weighted by molar-refractivity contribution is -0.142. The van der Waals surface area contributed by atoms with Crippen LogP contribution in [0.3, 0.4) is 0 Å². The molecule has 26 heavy (non-hydrogen) atoms. The van der Waals surface area contributed by atoms with Gasteiger partial charge in [-0.3, -0.25) is 10.2 Å². The maximum atomic E-state index is 13.6. The van der Waals surface area contributed by atoms with Gasteiger partial charge in [0.2, 0.25) is 10.9 Å². The average molecular weight is 383 g/mol. The van der Waals surface area contributed by atoms with Crippen LogP contribution < -0.4 is 10.2 Å². The Kier molecular flexibility index (Phi) is 7.46. The van der Waals surface area contributed by atoms with E-state index in [9.17, 15) is 13.6 Å². The van der Waals surface area contributed by atoms with Crippen molar-refractivity contribution in [1.29, 1.82) is 0 Å². The van der Waals surface area contributed by atoms with E-state index in [1.165, 1.54) is 23.6 Å². The van der Waals surface area contributed by atoms with Gasteiger partial charge >= 0.3 is 5.97 Å². The third kappa shape index (κ3) is 5.76. The van der Waals surface area contributed by atoms with Gasteiger partial charge in [-0.1, -0.05) is 6.92 Å². The fourth-order valence-electron chi connectivity index (χ4n) is 1.94. The van der Waals surface area contributed by atoms with Crippen LogP contribution in [0.25, 0.3) is 0 Å². The second-order valence-electron chi connectivity index (χ2n) is 5.16. The highest BCUT2D eigenvalue weighted by molar-refractivity contribution is 7.13. The molecule has 0 radical (unpaired) electrons. The summed E-state index contributed by atoms with van der Waals surface area (Å²) in [4.78, 5) is 15.6. The van der Waals surface area contributed by atoms with Crippen molar-refractivity contribution in [3.8, 4) is 5.75 Å². The second kappa shape index (κ2) is 9.81. The number of hydrogen-bond donors (Lipinski definition) is 1. The summed E-state index contributed by atoms with van der Waals surface area (Å²) in [5, 5.41) is 6.12. The SMILES string of the molecule is CCCOc1cc(C=NNc2nc(CC(=O)OCC)cs2)cc(F)c1F. The van der Waals surface area contributed by atoms with Crippen molar-refractivity contribution in [3.05, 3.63) is 40.4 Å². The van der Waals surface area contributed by atoms with E-state index < -0.39 is 11.6 Å². The zero-order valence-electron chi connectivity index (χ0n) is 14.4. The third-order valence-corrected chi connectivity index (χ3v) is 3.83. The summed E-state index contributed by atoms with van der Waals surface area (Å²) < 4.78 is 37.3. The molecule has 0 saturated heterocycles. The smallest absolute Gasteiger partial charge is 0.311 e. The minimum absolute atomic E-state index is 0.0804. The van der Waals surface area contributed by atoms with Gasteiger partial charge < -0.3 is 9.47 Å². The van der Waals surface area contributed by atoms with Crippen LogP contribution in [0.2, 0.25) is 0 Å². The van der Waals surface area contributed by atoms with E-state index in [2.05, 4.69) is 15.5 Å². The molecule has 0 fully saturated rings. The lowest BCUT2D eigenvalue weighted by Gasteiger charge is -2.07. The number of nitrogens with one attached hydrogen (secondary N) is 1. The zero-order valence-corrected chi connectivity index (χ0v) is 15.2. The number of hydrogen-bond acceptors (Lipinski definition) is 7. The maximum Gasteiger partial charge on any atom is 0.311 e. The molecule has 2 rings (SSSR count). The molecule has 0 atom stereocenters. The van der Waals surface area contributed by atoms with Gasteiger partial charge in [0, 0.05) is 10.9 Å². The fourth-order valence-corrected chi connectivity index (χ4v) is 2.60. The Labute approximate surface area is 153 Å². The van der Waals surface area contributed by atoms with Gasteiger partial charge in [-0.15, -0.1) is 11.3 Å². The summed E-state index contributed by atoms with van der Waals surface area (Å²) >= 11 is 1.26. The molecule has 1 N–H and O–H groups in total. The van der Waals surface area contributed by atoms with Crippen molar-refractivity contribution in [1.82, 2.24) is 4.98 Å². The number of thiazole rings is 1. The van der Waals surface area contributed by atoms with E-state index in [4.69, 9.17) is 9.47 Å². The predicted molar refractivity (Wildman–Crippen MR) is 95.8 cm³/mol. The van der Waals surface area contributed by atoms with Crippen molar-refractivity contribution in [3.63, 3.8) is 0 Å². The highest BCUT2D eigenvalue weighted by atomic mass is 32.1. The average Bonchev–Trinajstić information content (AvgIpc) is 3.04. The zero-order chi connectivity index (χ0) is 18.9. The molecule has 0 saturated carbocycles. The molecule has 9 heteroatoms. The Morgan fingerprint density at radius 3 is 2.92 bits per heavy atom. The van der Waals surface area contributed by atoms with E-state index in [0.717, 1.165) is 6.07 Å². The van der Waals surface area contributed by atoms with Crippen LogP contribution in [0.5, 0.6) is 5.75 Å². The molecule has 2 aromatic rings. The topological polar surface area (TPSA) is 72.8 Å². The van der Waals surface area contributed by atoms with Crippen LogP contribution in [-0.2, 0) is 16.0 Å². The summed E-state index contributed by atoms with van der Waals surface area (Å²) in [5.74, 6) is -2.54. The summed E-state index contributed by atoms with van der Waals surface area (Å²) in [6.45, 7) is 4.21. The number of carbonyl (C=O) groups excluding carboxylic acids is 1. The van der Waals surface area contributed by atoms with Gasteiger partial charge in [0.1, 0.15) is 0 Å². The van der Waals surface area contributed by atoms with E-state index in [1.807, 2.05) is 6.92 Å². The third-order valence-electron chi connectivity index (χ3n) is 3.04. The lowest BCUT2D eigenvalue weighted by atomic mass is 10.2. The summed E-state index contributed by atoms with van der Waals surface area (Å²) in [6, 6.07) is 2.39. The Morgan fingerprint density at radius 1 is 1.38 bits per heavy atom. The molecule has 0 aliphatic heterocycles. The molecule has 0 spiro atoms. The first-order chi connectivity index (χ1) is 12.5. The van der Waals surface area contributed by atoms with Gasteiger partial charge in [-0.2, -0.15) is 9.49 Å². The lowest BCUT2D eigenvalue weighted by Crippen LogP contribution is -2.07. The van der Waals surface area contributed by atoms with Crippen LogP contribution >= 0.6 is 11.3 Å². The molecule has 1 heterocycles. The van der Waals surface area contributed by atoms with Gasteiger partial charge in [0.15, 0.2) is 11.6 Å². The highest BCUT2D eigenvalue weighted by Gasteiger charge is 2.11. The number of carbonyl (C=O) groups is 1. The number of anilines is 1. The van der Waals surface area contributed by atoms with Crippen LogP contribution in [-0.4, -0.2) is 30.4 Å². The van der Waals surface area contributed by atoms with Crippen LogP contribution in [0.15, 0.2) is 22.6 Å². The molecule has 0 unspecified atom stereocenters. The normalized spacial score (nSPS) is 10.9. The van der Waals surface area contributed by atoms with Gasteiger partial charge in [0.25, 0.3) is 0 Å². The first-order valence-electron chi connectivity index (χ1n) is 8.04. The monoisotopic (exact) mass is 383 g/mol. The molecule has 140 valence electrons. The summed E-state index contributed by atoms with van der Waals surface area (Å²) in [7, 11) is 0. The van der Waals surface area contributed by atoms with Crippen LogP contribution in [0, 0.1) is 11.6 Å². The van der Waals surface area contributed by atoms with E-state index in [1.54, 1.807) is 12.3 Å². The molecule has 1 aromatic carbocycles. The van der Waals surface area contributed by atoms with Crippen molar-refractivity contribution in [2.24, 2.45) is 5.10 Å². The minimum Gasteiger partial charge on any atom is -0.490 e. The number of esters is 1. The second-order valence-corrected chi connectivity index (χ2v) is 6.02. The van der Waals surface area contributed by atoms with E-state index in [-0.39, 0.29) is 24.7 Å². The number of hydrazone groups is 1. The number of ether oxygens (including phenoxy) is 2. The first kappa shape index (κ1) is 19.8. The Balaban J connectivity index is 1.99. The molecular formula is C17H19F2N3O3S. The Hall–Kier alpha value is -2.55. The molecule has 0 amide bonds. The van der Waals surface area contributed by atoms with Crippen molar-refractivity contribution < 1.29 is 23.0 Å². The maximum absolute atomic E-state index is 13.6. The Bertz CT molecular complexity index is 781.